The van der Waals surface area contributed by atoms with E-state index in [9.17, 15) is 9.18 Å². The van der Waals surface area contributed by atoms with Crippen LogP contribution in [0.25, 0.3) is 10.1 Å². The molecule has 0 radical (unpaired) electrons. The molecule has 0 saturated carbocycles. The second-order valence-electron chi connectivity index (χ2n) is 7.42. The molecule has 1 fully saturated rings. The van der Waals surface area contributed by atoms with Crippen molar-refractivity contribution in [3.63, 3.8) is 0 Å². The molecule has 5 nitrogen and oxygen atoms in total. The molecule has 1 amide bonds. The van der Waals surface area contributed by atoms with Crippen molar-refractivity contribution in [3.8, 4) is 0 Å². The number of rotatable bonds is 4. The van der Waals surface area contributed by atoms with Crippen LogP contribution in [-0.2, 0) is 17.6 Å². The van der Waals surface area contributed by atoms with Crippen LogP contribution in [-0.4, -0.2) is 47.9 Å². The molecule has 29 heavy (non-hydrogen) atoms. The van der Waals surface area contributed by atoms with Gasteiger partial charge in [0.05, 0.1) is 16.8 Å². The molecule has 0 aliphatic carbocycles. The number of halogens is 2. The number of aromatic nitrogens is 1. The minimum atomic E-state index is -0.321. The Labute approximate surface area is 179 Å². The zero-order valence-corrected chi connectivity index (χ0v) is 17.5. The standard InChI is InChI=1S/C21H21FN4OS.ClH/c22-17-12-14(11-15-13-19(27)23-20(15)17)5-6-25-7-9-26(10-8-25)21-16-3-1-2-4-18(16)28-24-21;/h1-4,11-12H,5-10,13H2,(H,23,27);1H. The van der Waals surface area contributed by atoms with Gasteiger partial charge in [0.15, 0.2) is 0 Å². The number of hydrogen-bond acceptors (Lipinski definition) is 5. The molecule has 152 valence electrons. The fourth-order valence-electron chi connectivity index (χ4n) is 4.08. The molecule has 1 saturated heterocycles. The molecule has 0 unspecified atom stereocenters. The van der Waals surface area contributed by atoms with Crippen molar-refractivity contribution in [1.29, 1.82) is 0 Å². The minimum Gasteiger partial charge on any atom is -0.353 e. The van der Waals surface area contributed by atoms with Gasteiger partial charge in [-0.1, -0.05) is 18.2 Å². The van der Waals surface area contributed by atoms with Crippen molar-refractivity contribution in [3.05, 3.63) is 53.3 Å². The van der Waals surface area contributed by atoms with Gasteiger partial charge < -0.3 is 10.2 Å². The van der Waals surface area contributed by atoms with Gasteiger partial charge >= 0.3 is 0 Å². The highest BCUT2D eigenvalue weighted by Gasteiger charge is 2.23. The Kier molecular flexibility index (Phi) is 5.72. The second kappa shape index (κ2) is 8.26. The van der Waals surface area contributed by atoms with Gasteiger partial charge in [-0.25, -0.2) is 4.39 Å². The number of hydrogen-bond donors (Lipinski definition) is 1. The highest BCUT2D eigenvalue weighted by molar-refractivity contribution is 7.13. The molecule has 0 atom stereocenters. The third-order valence-electron chi connectivity index (χ3n) is 5.59. The van der Waals surface area contributed by atoms with Crippen LogP contribution in [0, 0.1) is 5.82 Å². The topological polar surface area (TPSA) is 48.5 Å². The Morgan fingerprint density at radius 3 is 2.76 bits per heavy atom. The molecule has 5 rings (SSSR count). The molecule has 0 spiro atoms. The van der Waals surface area contributed by atoms with Crippen LogP contribution >= 0.6 is 23.9 Å². The van der Waals surface area contributed by atoms with Crippen LogP contribution in [0.1, 0.15) is 11.1 Å². The Balaban J connectivity index is 0.00000205. The highest BCUT2D eigenvalue weighted by Crippen LogP contribution is 2.30. The zero-order chi connectivity index (χ0) is 19.1. The predicted octanol–water partition coefficient (Wildman–Crippen LogP) is 3.72. The van der Waals surface area contributed by atoms with Gasteiger partial charge in [-0.2, -0.15) is 4.37 Å². The van der Waals surface area contributed by atoms with E-state index in [2.05, 4.69) is 43.8 Å². The number of nitrogens with zero attached hydrogens (tertiary/aromatic N) is 3. The third kappa shape index (κ3) is 3.95. The highest BCUT2D eigenvalue weighted by atomic mass is 35.5. The van der Waals surface area contributed by atoms with Crippen molar-refractivity contribution in [1.82, 2.24) is 9.27 Å². The van der Waals surface area contributed by atoms with Gasteiger partial charge in [0.1, 0.15) is 11.6 Å². The van der Waals surface area contributed by atoms with E-state index in [1.807, 2.05) is 6.07 Å². The predicted molar refractivity (Wildman–Crippen MR) is 118 cm³/mol. The summed E-state index contributed by atoms with van der Waals surface area (Å²) in [4.78, 5) is 16.3. The van der Waals surface area contributed by atoms with Crippen LogP contribution < -0.4 is 10.2 Å². The van der Waals surface area contributed by atoms with E-state index in [1.165, 1.54) is 10.1 Å². The summed E-state index contributed by atoms with van der Waals surface area (Å²) in [6, 6.07) is 11.9. The first-order valence-corrected chi connectivity index (χ1v) is 10.4. The Hall–Kier alpha value is -2.22. The van der Waals surface area contributed by atoms with Crippen LogP contribution in [0.15, 0.2) is 36.4 Å². The van der Waals surface area contributed by atoms with E-state index >= 15 is 0 Å². The van der Waals surface area contributed by atoms with Crippen LogP contribution in [0.3, 0.4) is 0 Å². The Morgan fingerprint density at radius 1 is 1.14 bits per heavy atom. The molecule has 3 heterocycles. The van der Waals surface area contributed by atoms with E-state index in [-0.39, 0.29) is 30.6 Å². The summed E-state index contributed by atoms with van der Waals surface area (Å²) < 4.78 is 20.1. The van der Waals surface area contributed by atoms with E-state index in [1.54, 1.807) is 17.6 Å². The molecule has 3 aromatic rings. The van der Waals surface area contributed by atoms with Gasteiger partial charge in [0, 0.05) is 38.1 Å². The molecular formula is C21H22ClFN4OS. The molecule has 8 heteroatoms. The van der Waals surface area contributed by atoms with Gasteiger partial charge in [-0.05, 0) is 47.3 Å². The maximum Gasteiger partial charge on any atom is 0.228 e. The fourth-order valence-corrected chi connectivity index (χ4v) is 4.87. The number of carbonyl (C=O) groups is 1. The number of fused-ring (bicyclic) bond motifs is 2. The lowest BCUT2D eigenvalue weighted by atomic mass is 10.0. The zero-order valence-electron chi connectivity index (χ0n) is 15.9. The average molecular weight is 433 g/mol. The first-order chi connectivity index (χ1) is 13.7. The quantitative estimate of drug-likeness (QED) is 0.682. The van der Waals surface area contributed by atoms with Crippen molar-refractivity contribution < 1.29 is 9.18 Å². The summed E-state index contributed by atoms with van der Waals surface area (Å²) in [5.41, 5.74) is 2.10. The van der Waals surface area contributed by atoms with Crippen molar-refractivity contribution in [2.75, 3.05) is 42.9 Å². The van der Waals surface area contributed by atoms with Crippen LogP contribution in [0.4, 0.5) is 15.9 Å². The van der Waals surface area contributed by atoms with E-state index in [4.69, 9.17) is 0 Å². The smallest absolute Gasteiger partial charge is 0.228 e. The molecule has 0 bridgehead atoms. The number of amides is 1. The summed E-state index contributed by atoms with van der Waals surface area (Å²) in [7, 11) is 0. The summed E-state index contributed by atoms with van der Waals surface area (Å²) in [6.07, 6.45) is 1.07. The van der Waals surface area contributed by atoms with Crippen molar-refractivity contribution in [2.24, 2.45) is 0 Å². The maximum absolute atomic E-state index is 14.2. The maximum atomic E-state index is 14.2. The van der Waals surface area contributed by atoms with Crippen molar-refractivity contribution in [2.45, 2.75) is 12.8 Å². The van der Waals surface area contributed by atoms with Gasteiger partial charge in [0.2, 0.25) is 5.91 Å². The SMILES string of the molecule is Cl.O=C1Cc2cc(CCN3CCN(c4nsc5ccccc45)CC3)cc(F)c2N1. The molecule has 2 aliphatic rings. The normalized spacial score (nSPS) is 16.6. The van der Waals surface area contributed by atoms with Gasteiger partial charge in [-0.15, -0.1) is 12.4 Å². The van der Waals surface area contributed by atoms with E-state index < -0.39 is 0 Å². The first-order valence-electron chi connectivity index (χ1n) is 9.60. The number of carbonyl (C=O) groups excluding carboxylic acids is 1. The van der Waals surface area contributed by atoms with E-state index in [0.29, 0.717) is 5.69 Å². The number of benzene rings is 2. The average Bonchev–Trinajstić information content (AvgIpc) is 3.30. The first kappa shape index (κ1) is 20.1. The second-order valence-corrected chi connectivity index (χ2v) is 8.22. The fraction of sp³-hybridized carbons (Fsp3) is 0.333. The van der Waals surface area contributed by atoms with Gasteiger partial charge in [0.25, 0.3) is 0 Å². The molecule has 1 aromatic heterocycles. The lowest BCUT2D eigenvalue weighted by Crippen LogP contribution is -2.47. The lowest BCUT2D eigenvalue weighted by Gasteiger charge is -2.35. The summed E-state index contributed by atoms with van der Waals surface area (Å²) in [6.45, 7) is 4.74. The van der Waals surface area contributed by atoms with Gasteiger partial charge in [-0.3, -0.25) is 9.69 Å². The summed E-state index contributed by atoms with van der Waals surface area (Å²) in [5.74, 6) is 0.647. The molecule has 2 aliphatic heterocycles. The summed E-state index contributed by atoms with van der Waals surface area (Å²) >= 11 is 1.56. The monoisotopic (exact) mass is 432 g/mol. The third-order valence-corrected chi connectivity index (χ3v) is 6.41. The summed E-state index contributed by atoms with van der Waals surface area (Å²) in [5, 5.41) is 3.83. The molecule has 2 aromatic carbocycles. The largest absolute Gasteiger partial charge is 0.353 e. The van der Waals surface area contributed by atoms with Crippen LogP contribution in [0.5, 0.6) is 0 Å². The number of piperazine rings is 1. The Morgan fingerprint density at radius 2 is 1.93 bits per heavy atom. The molecule has 1 N–H and O–H groups in total. The van der Waals surface area contributed by atoms with E-state index in [0.717, 1.165) is 56.1 Å². The Bertz CT molecular complexity index is 1050. The number of anilines is 2. The number of nitrogens with one attached hydrogen (secondary N) is 1. The lowest BCUT2D eigenvalue weighted by molar-refractivity contribution is -0.115. The van der Waals surface area contributed by atoms with Crippen molar-refractivity contribution >= 4 is 51.4 Å². The molecular weight excluding hydrogens is 411 g/mol. The van der Waals surface area contributed by atoms with Crippen LogP contribution in [0.2, 0.25) is 0 Å². The minimum absolute atomic E-state index is 0.